The van der Waals surface area contributed by atoms with E-state index < -0.39 is 12.2 Å². The maximum atomic E-state index is 13.5. The van der Waals surface area contributed by atoms with Gasteiger partial charge < -0.3 is 32.1 Å². The number of aryl methyl sites for hydroxylation is 1. The summed E-state index contributed by atoms with van der Waals surface area (Å²) in [7, 11) is 0. The number of pyridine rings is 1. The topological polar surface area (TPSA) is 101 Å². The van der Waals surface area contributed by atoms with Crippen LogP contribution in [0.2, 0.25) is 0 Å². The van der Waals surface area contributed by atoms with Crippen LogP contribution in [0, 0.1) is 0 Å². The summed E-state index contributed by atoms with van der Waals surface area (Å²) in [6, 6.07) is 24.5. The molecule has 0 radical (unpaired) electrons. The SMILES string of the molecule is CCC[n+]1cc(Br)cc(C(=O)N(CCCOC(=O)NCCOC(=O)Nc2cccc3ccccc23)c2ccccc2)c1.[Cl-]. The number of aromatic nitrogens is 1. The van der Waals surface area contributed by atoms with E-state index in [-0.39, 0.29) is 38.1 Å². The van der Waals surface area contributed by atoms with E-state index in [1.807, 2.05) is 83.7 Å². The number of rotatable bonds is 12. The van der Waals surface area contributed by atoms with Crippen molar-refractivity contribution in [3.8, 4) is 0 Å². The smallest absolute Gasteiger partial charge is 0.411 e. The first-order valence-electron chi connectivity index (χ1n) is 13.8. The van der Waals surface area contributed by atoms with E-state index in [0.29, 0.717) is 24.2 Å². The Morgan fingerprint density at radius 2 is 1.60 bits per heavy atom. The predicted molar refractivity (Wildman–Crippen MR) is 166 cm³/mol. The summed E-state index contributed by atoms with van der Waals surface area (Å²) >= 11 is 3.51. The van der Waals surface area contributed by atoms with Gasteiger partial charge in [-0.1, -0.05) is 61.5 Å². The van der Waals surface area contributed by atoms with Gasteiger partial charge in [0.1, 0.15) is 18.7 Å². The fraction of sp³-hybridized carbons (Fsp3) is 0.250. The Hall–Kier alpha value is -4.15. The van der Waals surface area contributed by atoms with Crippen molar-refractivity contribution in [2.45, 2.75) is 26.3 Å². The normalized spacial score (nSPS) is 10.4. The van der Waals surface area contributed by atoms with Crippen LogP contribution in [0.25, 0.3) is 10.8 Å². The standard InChI is InChI=1S/C32H33BrN4O5.ClH/c1-2-17-36-22-25(21-26(33)23-36)30(38)37(27-12-4-3-5-13-27)18-9-19-41-31(39)34-16-20-42-32(40)35-29-15-8-11-24-10-6-7-14-28(24)29;/h3-8,10-15,21-23H,2,9,16-20H2,1H3,(H-,34,35,39,40);1H. The molecule has 0 fully saturated rings. The molecule has 43 heavy (non-hydrogen) atoms. The van der Waals surface area contributed by atoms with Gasteiger partial charge in [-0.3, -0.25) is 10.1 Å². The Kier molecular flexibility index (Phi) is 13.3. The van der Waals surface area contributed by atoms with Gasteiger partial charge in [0, 0.05) is 24.0 Å². The number of hydrogen-bond donors (Lipinski definition) is 2. The van der Waals surface area contributed by atoms with E-state index in [1.165, 1.54) is 0 Å². The molecule has 4 aromatic rings. The summed E-state index contributed by atoms with van der Waals surface area (Å²) < 4.78 is 13.3. The summed E-state index contributed by atoms with van der Waals surface area (Å²) in [4.78, 5) is 39.6. The van der Waals surface area contributed by atoms with Crippen molar-refractivity contribution in [1.82, 2.24) is 5.32 Å². The van der Waals surface area contributed by atoms with Crippen molar-refractivity contribution >= 4 is 56.2 Å². The molecular formula is C32H34BrClN4O5. The molecule has 1 aromatic heterocycles. The number of alkyl carbamates (subject to hydrolysis) is 1. The van der Waals surface area contributed by atoms with Gasteiger partial charge in [0.25, 0.3) is 5.91 Å². The molecule has 0 bridgehead atoms. The number of benzene rings is 3. The summed E-state index contributed by atoms with van der Waals surface area (Å²) in [6.07, 6.45) is 3.93. The van der Waals surface area contributed by atoms with Crippen LogP contribution < -0.4 is 32.5 Å². The second kappa shape index (κ2) is 17.1. The summed E-state index contributed by atoms with van der Waals surface area (Å²) in [5.74, 6) is -0.143. The van der Waals surface area contributed by atoms with Crippen molar-refractivity contribution in [2.75, 3.05) is 36.5 Å². The molecule has 3 amide bonds. The van der Waals surface area contributed by atoms with Gasteiger partial charge in [-0.15, -0.1) is 0 Å². The molecule has 0 unspecified atom stereocenters. The van der Waals surface area contributed by atoms with Gasteiger partial charge in [-0.05, 0) is 52.0 Å². The molecule has 2 N–H and O–H groups in total. The molecule has 0 aliphatic carbocycles. The van der Waals surface area contributed by atoms with Crippen LogP contribution in [0.3, 0.4) is 0 Å². The Morgan fingerprint density at radius 3 is 2.40 bits per heavy atom. The lowest BCUT2D eigenvalue weighted by atomic mass is 10.1. The van der Waals surface area contributed by atoms with Gasteiger partial charge in [-0.2, -0.15) is 0 Å². The first kappa shape index (κ1) is 33.4. The van der Waals surface area contributed by atoms with Crippen LogP contribution in [0.5, 0.6) is 0 Å². The first-order valence-corrected chi connectivity index (χ1v) is 14.6. The molecule has 11 heteroatoms. The number of fused-ring (bicyclic) bond motifs is 1. The third-order valence-corrected chi connectivity index (χ3v) is 6.75. The van der Waals surface area contributed by atoms with Crippen molar-refractivity contribution in [1.29, 1.82) is 0 Å². The van der Waals surface area contributed by atoms with Gasteiger partial charge in [0.2, 0.25) is 0 Å². The van der Waals surface area contributed by atoms with Crippen LogP contribution >= 0.6 is 15.9 Å². The number of carbonyl (C=O) groups is 3. The van der Waals surface area contributed by atoms with Gasteiger partial charge in [-0.25, -0.2) is 14.2 Å². The fourth-order valence-electron chi connectivity index (χ4n) is 4.43. The molecular weight excluding hydrogens is 636 g/mol. The number of halogens is 2. The molecule has 0 aliphatic heterocycles. The van der Waals surface area contributed by atoms with E-state index in [4.69, 9.17) is 9.47 Å². The predicted octanol–water partition coefficient (Wildman–Crippen LogP) is 3.32. The lowest BCUT2D eigenvalue weighted by Crippen LogP contribution is -3.00. The summed E-state index contributed by atoms with van der Waals surface area (Å²) in [5.41, 5.74) is 1.96. The molecule has 0 spiro atoms. The monoisotopic (exact) mass is 668 g/mol. The van der Waals surface area contributed by atoms with Crippen LogP contribution in [0.4, 0.5) is 21.0 Å². The highest BCUT2D eigenvalue weighted by molar-refractivity contribution is 9.10. The minimum Gasteiger partial charge on any atom is -1.00 e. The quantitative estimate of drug-likeness (QED) is 0.178. The zero-order chi connectivity index (χ0) is 29.7. The number of ether oxygens (including phenoxy) is 2. The Labute approximate surface area is 265 Å². The third-order valence-electron chi connectivity index (χ3n) is 6.32. The number of nitrogens with zero attached hydrogens (tertiary/aromatic N) is 2. The average Bonchev–Trinajstić information content (AvgIpc) is 2.99. The molecule has 226 valence electrons. The van der Waals surface area contributed by atoms with E-state index in [9.17, 15) is 14.4 Å². The van der Waals surface area contributed by atoms with E-state index in [1.54, 1.807) is 17.0 Å². The van der Waals surface area contributed by atoms with E-state index in [2.05, 4.69) is 33.5 Å². The van der Waals surface area contributed by atoms with E-state index in [0.717, 1.165) is 33.9 Å². The summed E-state index contributed by atoms with van der Waals surface area (Å²) in [6.45, 7) is 3.42. The van der Waals surface area contributed by atoms with E-state index >= 15 is 0 Å². The minimum atomic E-state index is -0.627. The molecule has 0 aliphatic rings. The number of para-hydroxylation sites is 1. The zero-order valence-corrected chi connectivity index (χ0v) is 26.1. The molecule has 4 rings (SSSR count). The van der Waals surface area contributed by atoms with Crippen LogP contribution in [0.15, 0.2) is 95.7 Å². The molecule has 9 nitrogen and oxygen atoms in total. The molecule has 0 saturated carbocycles. The highest BCUT2D eigenvalue weighted by atomic mass is 79.9. The highest BCUT2D eigenvalue weighted by Gasteiger charge is 2.21. The second-order valence-corrected chi connectivity index (χ2v) is 10.4. The fourth-order valence-corrected chi connectivity index (χ4v) is 4.94. The Morgan fingerprint density at radius 1 is 0.884 bits per heavy atom. The molecule has 0 atom stereocenters. The Balaban J connectivity index is 0.00000506. The minimum absolute atomic E-state index is 0. The lowest BCUT2D eigenvalue weighted by Gasteiger charge is -2.22. The van der Waals surface area contributed by atoms with Crippen molar-refractivity contribution in [2.24, 2.45) is 0 Å². The number of hydrogen-bond acceptors (Lipinski definition) is 5. The number of amides is 3. The first-order chi connectivity index (χ1) is 20.4. The van der Waals surface area contributed by atoms with Crippen LogP contribution in [0.1, 0.15) is 30.1 Å². The Bertz CT molecular complexity index is 1520. The third kappa shape index (κ3) is 9.97. The van der Waals surface area contributed by atoms with Crippen molar-refractivity contribution < 1.29 is 40.8 Å². The second-order valence-electron chi connectivity index (χ2n) is 9.48. The summed E-state index contributed by atoms with van der Waals surface area (Å²) in [5, 5.41) is 7.21. The highest BCUT2D eigenvalue weighted by Crippen LogP contribution is 2.23. The number of anilines is 2. The zero-order valence-electron chi connectivity index (χ0n) is 23.8. The van der Waals surface area contributed by atoms with Crippen LogP contribution in [-0.4, -0.2) is 44.4 Å². The molecule has 0 saturated heterocycles. The van der Waals surface area contributed by atoms with Gasteiger partial charge in [0.05, 0.1) is 23.3 Å². The van der Waals surface area contributed by atoms with Crippen molar-refractivity contribution in [3.63, 3.8) is 0 Å². The average molecular weight is 670 g/mol. The molecule has 1 heterocycles. The number of carbonyl (C=O) groups excluding carboxylic acids is 3. The number of nitrogens with one attached hydrogen (secondary N) is 2. The maximum Gasteiger partial charge on any atom is 0.411 e. The largest absolute Gasteiger partial charge is 1.00 e. The van der Waals surface area contributed by atoms with Crippen LogP contribution in [-0.2, 0) is 16.0 Å². The molecule has 3 aromatic carbocycles. The van der Waals surface area contributed by atoms with Gasteiger partial charge >= 0.3 is 12.2 Å². The van der Waals surface area contributed by atoms with Crippen molar-refractivity contribution in [3.05, 3.63) is 101 Å². The lowest BCUT2D eigenvalue weighted by molar-refractivity contribution is -0.697. The van der Waals surface area contributed by atoms with Gasteiger partial charge in [0.15, 0.2) is 12.4 Å². The maximum absolute atomic E-state index is 13.5.